The maximum atomic E-state index is 10.9. The summed E-state index contributed by atoms with van der Waals surface area (Å²) in [4.78, 5) is 20.9. The second-order valence-corrected chi connectivity index (χ2v) is 2.22. The average molecular weight is 180 g/mol. The Labute approximate surface area is 75.4 Å². The molecule has 0 aliphatic rings. The van der Waals surface area contributed by atoms with Gasteiger partial charge in [-0.3, -0.25) is 9.59 Å². The number of carboxylic acid groups (broad SMARTS) is 1. The molecule has 0 aromatic heterocycles. The van der Waals surface area contributed by atoms with E-state index >= 15 is 0 Å². The average Bonchev–Trinajstić information content (AvgIpc) is 2.10. The third-order valence-corrected chi connectivity index (χ3v) is 1.18. The maximum Gasteiger partial charge on any atom is 0.322 e. The van der Waals surface area contributed by atoms with Crippen LogP contribution < -0.4 is 5.32 Å². The van der Waals surface area contributed by atoms with E-state index in [-0.39, 0.29) is 6.42 Å². The molecule has 0 bridgehead atoms. The van der Waals surface area contributed by atoms with E-state index < -0.39 is 24.3 Å². The molecule has 0 aromatic carbocycles. The minimum Gasteiger partial charge on any atom is -0.480 e. The highest BCUT2D eigenvalue weighted by molar-refractivity contribution is 5.81. The van der Waals surface area contributed by atoms with E-state index in [0.29, 0.717) is 0 Å². The lowest BCUT2D eigenvalue weighted by Crippen LogP contribution is -2.30. The van der Waals surface area contributed by atoms with Crippen LogP contribution in [-0.2, 0) is 9.59 Å². The van der Waals surface area contributed by atoms with Crippen molar-refractivity contribution in [3.8, 4) is 18.4 Å². The molecule has 0 radical (unpaired) electrons. The summed E-state index contributed by atoms with van der Waals surface area (Å²) < 4.78 is 0. The van der Waals surface area contributed by atoms with Gasteiger partial charge < -0.3 is 10.4 Å². The molecule has 0 fully saturated rings. The van der Waals surface area contributed by atoms with Gasteiger partial charge in [-0.1, -0.05) is 5.92 Å². The third-order valence-electron chi connectivity index (χ3n) is 1.18. The number of carboxylic acids is 1. The van der Waals surface area contributed by atoms with Crippen molar-refractivity contribution >= 4 is 11.9 Å². The van der Waals surface area contributed by atoms with Gasteiger partial charge in [0.2, 0.25) is 5.91 Å². The van der Waals surface area contributed by atoms with Crippen LogP contribution in [0.25, 0.3) is 0 Å². The van der Waals surface area contributed by atoms with Crippen LogP contribution in [0.2, 0.25) is 0 Å². The van der Waals surface area contributed by atoms with Gasteiger partial charge in [0, 0.05) is 0 Å². The molecule has 68 valence electrons. The van der Waals surface area contributed by atoms with E-state index in [1.54, 1.807) is 6.07 Å². The van der Waals surface area contributed by atoms with Gasteiger partial charge in [-0.25, -0.2) is 0 Å². The number of nitrogens with zero attached hydrogens (tertiary/aromatic N) is 1. The smallest absolute Gasteiger partial charge is 0.322 e. The number of carbonyl (C=O) groups is 2. The van der Waals surface area contributed by atoms with E-state index in [1.165, 1.54) is 0 Å². The number of hydrogen-bond acceptors (Lipinski definition) is 3. The van der Waals surface area contributed by atoms with Gasteiger partial charge in [-0.05, 0) is 0 Å². The molecule has 0 heterocycles. The predicted octanol–water partition coefficient (Wildman–Crippen LogP) is -0.650. The summed E-state index contributed by atoms with van der Waals surface area (Å²) in [7, 11) is 0. The van der Waals surface area contributed by atoms with E-state index in [2.05, 4.69) is 11.2 Å². The Morgan fingerprint density at radius 2 is 2.23 bits per heavy atom. The lowest BCUT2D eigenvalue weighted by molar-refractivity contribution is -0.138. The molecule has 0 spiro atoms. The summed E-state index contributed by atoms with van der Waals surface area (Å²) in [6, 6.07) is 1.73. The zero-order valence-electron chi connectivity index (χ0n) is 6.78. The van der Waals surface area contributed by atoms with Crippen LogP contribution in [0.15, 0.2) is 0 Å². The first-order chi connectivity index (χ1) is 6.10. The lowest BCUT2D eigenvalue weighted by atomic mass is 10.1. The van der Waals surface area contributed by atoms with Gasteiger partial charge in [-0.15, -0.1) is 6.42 Å². The van der Waals surface area contributed by atoms with Crippen molar-refractivity contribution in [2.45, 2.75) is 6.42 Å². The van der Waals surface area contributed by atoms with Gasteiger partial charge >= 0.3 is 5.97 Å². The standard InChI is InChI=1S/C8H8N2O3/c1-2-6(4-9)3-7(11)10-5-8(12)13/h1,6H,3,5H2,(H,10,11)(H,12,13). The van der Waals surface area contributed by atoms with Crippen LogP contribution in [0, 0.1) is 29.6 Å². The summed E-state index contributed by atoms with van der Waals surface area (Å²) in [5, 5.41) is 18.7. The van der Waals surface area contributed by atoms with Gasteiger partial charge in [-0.2, -0.15) is 5.26 Å². The summed E-state index contributed by atoms with van der Waals surface area (Å²) in [6.45, 7) is -0.457. The molecule has 1 amide bonds. The van der Waals surface area contributed by atoms with Crippen LogP contribution in [0.5, 0.6) is 0 Å². The van der Waals surface area contributed by atoms with E-state index in [4.69, 9.17) is 16.8 Å². The first kappa shape index (κ1) is 11.0. The van der Waals surface area contributed by atoms with Gasteiger partial charge in [0.25, 0.3) is 0 Å². The van der Waals surface area contributed by atoms with Crippen molar-refractivity contribution in [1.29, 1.82) is 5.26 Å². The molecule has 0 aliphatic heterocycles. The quantitative estimate of drug-likeness (QED) is 0.562. The number of nitrogens with one attached hydrogen (secondary N) is 1. The van der Waals surface area contributed by atoms with Crippen molar-refractivity contribution in [2.24, 2.45) is 5.92 Å². The SMILES string of the molecule is C#CC(C#N)CC(=O)NCC(=O)O. The van der Waals surface area contributed by atoms with Gasteiger partial charge in [0.1, 0.15) is 12.5 Å². The molecule has 0 aliphatic carbocycles. The van der Waals surface area contributed by atoms with Crippen molar-refractivity contribution in [3.05, 3.63) is 0 Å². The number of nitriles is 1. The van der Waals surface area contributed by atoms with Gasteiger partial charge in [0.05, 0.1) is 12.5 Å². The third kappa shape index (κ3) is 5.28. The van der Waals surface area contributed by atoms with Crippen molar-refractivity contribution < 1.29 is 14.7 Å². The first-order valence-corrected chi connectivity index (χ1v) is 3.44. The molecule has 0 saturated heterocycles. The Bertz CT molecular complexity index is 271. The molecule has 2 N–H and O–H groups in total. The molecule has 5 heteroatoms. The first-order valence-electron chi connectivity index (χ1n) is 3.44. The van der Waals surface area contributed by atoms with E-state index in [9.17, 15) is 9.59 Å². The highest BCUT2D eigenvalue weighted by Gasteiger charge is 2.10. The second kappa shape index (κ2) is 5.62. The molecule has 13 heavy (non-hydrogen) atoms. The number of aliphatic carboxylic acids is 1. The fourth-order valence-corrected chi connectivity index (χ4v) is 0.574. The normalized spacial score (nSPS) is 10.6. The van der Waals surface area contributed by atoms with Crippen molar-refractivity contribution in [1.82, 2.24) is 5.32 Å². The molecule has 0 rings (SSSR count). The fraction of sp³-hybridized carbons (Fsp3) is 0.375. The zero-order chi connectivity index (χ0) is 10.3. The number of amides is 1. The fourth-order valence-electron chi connectivity index (χ4n) is 0.574. The molecular weight excluding hydrogens is 172 g/mol. The predicted molar refractivity (Wildman–Crippen MR) is 43.2 cm³/mol. The topological polar surface area (TPSA) is 90.2 Å². The number of rotatable bonds is 4. The van der Waals surface area contributed by atoms with E-state index in [1.807, 2.05) is 0 Å². The van der Waals surface area contributed by atoms with Crippen molar-refractivity contribution in [3.63, 3.8) is 0 Å². The molecular formula is C8H8N2O3. The Hall–Kier alpha value is -2.01. The summed E-state index contributed by atoms with van der Waals surface area (Å²) in [5.74, 6) is -0.368. The van der Waals surface area contributed by atoms with Crippen molar-refractivity contribution in [2.75, 3.05) is 6.54 Å². The number of carbonyl (C=O) groups excluding carboxylic acids is 1. The summed E-state index contributed by atoms with van der Waals surface area (Å²) in [5.41, 5.74) is 0. The Morgan fingerprint density at radius 1 is 1.62 bits per heavy atom. The molecule has 1 atom stereocenters. The van der Waals surface area contributed by atoms with Crippen LogP contribution >= 0.6 is 0 Å². The summed E-state index contributed by atoms with van der Waals surface area (Å²) >= 11 is 0. The minimum atomic E-state index is -1.14. The minimum absolute atomic E-state index is 0.166. The molecule has 0 aromatic rings. The number of hydrogen-bond donors (Lipinski definition) is 2. The summed E-state index contributed by atoms with van der Waals surface area (Å²) in [6.07, 6.45) is 4.75. The highest BCUT2D eigenvalue weighted by atomic mass is 16.4. The van der Waals surface area contributed by atoms with Gasteiger partial charge in [0.15, 0.2) is 0 Å². The largest absolute Gasteiger partial charge is 0.480 e. The van der Waals surface area contributed by atoms with E-state index in [0.717, 1.165) is 0 Å². The molecule has 5 nitrogen and oxygen atoms in total. The Balaban J connectivity index is 3.83. The Kier molecular flexibility index (Phi) is 4.75. The maximum absolute atomic E-state index is 10.9. The molecule has 1 unspecified atom stereocenters. The Morgan fingerprint density at radius 3 is 2.62 bits per heavy atom. The van der Waals surface area contributed by atoms with Crippen LogP contribution in [-0.4, -0.2) is 23.5 Å². The molecule has 0 saturated carbocycles. The van der Waals surface area contributed by atoms with Crippen LogP contribution in [0.4, 0.5) is 0 Å². The monoisotopic (exact) mass is 180 g/mol. The lowest BCUT2D eigenvalue weighted by Gasteiger charge is -2.01. The van der Waals surface area contributed by atoms with Crippen LogP contribution in [0.1, 0.15) is 6.42 Å². The zero-order valence-corrected chi connectivity index (χ0v) is 6.78. The van der Waals surface area contributed by atoms with Crippen LogP contribution in [0.3, 0.4) is 0 Å². The second-order valence-electron chi connectivity index (χ2n) is 2.22. The highest BCUT2D eigenvalue weighted by Crippen LogP contribution is 1.97. The number of terminal acetylenes is 1.